The number of carbonyl (C=O) groups is 1. The number of allylic oxidation sites excluding steroid dienone is 2. The molecule has 66 valence electrons. The van der Waals surface area contributed by atoms with Crippen molar-refractivity contribution in [1.29, 1.82) is 0 Å². The highest BCUT2D eigenvalue weighted by molar-refractivity contribution is 6.80. The summed E-state index contributed by atoms with van der Waals surface area (Å²) in [7, 11) is 0.493. The summed E-state index contributed by atoms with van der Waals surface area (Å²) in [6.07, 6.45) is 0.848. The predicted molar refractivity (Wildman–Crippen MR) is 50.6 cm³/mol. The SMILES string of the molecule is CC1=C(C)C(=O)BC(C)(CO)C1. The van der Waals surface area contributed by atoms with E-state index in [4.69, 9.17) is 5.11 Å². The summed E-state index contributed by atoms with van der Waals surface area (Å²) in [4.78, 5) is 11.4. The summed E-state index contributed by atoms with van der Waals surface area (Å²) in [5, 5.41) is 8.89. The van der Waals surface area contributed by atoms with Crippen molar-refractivity contribution in [2.24, 2.45) is 0 Å². The number of carbonyl (C=O) groups excluding carboxylic acids is 1. The average Bonchev–Trinajstić information content (AvgIpc) is 2.00. The predicted octanol–water partition coefficient (Wildman–Crippen LogP) is 0.861. The van der Waals surface area contributed by atoms with Gasteiger partial charge in [-0.05, 0) is 31.2 Å². The molecule has 0 aromatic heterocycles. The minimum absolute atomic E-state index is 0.101. The summed E-state index contributed by atoms with van der Waals surface area (Å²) in [5.41, 5.74) is 2.21. The Morgan fingerprint density at radius 3 is 2.58 bits per heavy atom. The highest BCUT2D eigenvalue weighted by Gasteiger charge is 2.34. The van der Waals surface area contributed by atoms with Gasteiger partial charge in [-0.15, -0.1) is 0 Å². The van der Waals surface area contributed by atoms with Gasteiger partial charge in [-0.3, -0.25) is 0 Å². The number of aliphatic hydroxyl groups is 1. The molecular weight excluding hydrogens is 151 g/mol. The lowest BCUT2D eigenvalue weighted by Gasteiger charge is -2.30. The Kier molecular flexibility index (Phi) is 2.42. The maximum Gasteiger partial charge on any atom is 0.220 e. The number of hydrogen-bond acceptors (Lipinski definition) is 2. The summed E-state index contributed by atoms with van der Waals surface area (Å²) in [6.45, 7) is 5.90. The number of hydrogen-bond donors (Lipinski definition) is 1. The zero-order valence-electron chi connectivity index (χ0n) is 7.98. The van der Waals surface area contributed by atoms with E-state index < -0.39 is 0 Å². The van der Waals surface area contributed by atoms with Crippen molar-refractivity contribution >= 4 is 13.0 Å². The Morgan fingerprint density at radius 2 is 2.17 bits per heavy atom. The van der Waals surface area contributed by atoms with Gasteiger partial charge in [-0.2, -0.15) is 0 Å². The molecule has 0 aromatic rings. The van der Waals surface area contributed by atoms with Crippen molar-refractivity contribution in [3.63, 3.8) is 0 Å². The third-order valence-electron chi connectivity index (χ3n) is 2.72. The highest BCUT2D eigenvalue weighted by Crippen LogP contribution is 2.37. The summed E-state index contributed by atoms with van der Waals surface area (Å²) in [6, 6.07) is 0. The molecule has 2 nitrogen and oxygen atoms in total. The molecule has 0 saturated heterocycles. The Morgan fingerprint density at radius 1 is 1.58 bits per heavy atom. The first-order valence-corrected chi connectivity index (χ1v) is 4.29. The van der Waals surface area contributed by atoms with Gasteiger partial charge in [0.2, 0.25) is 7.28 Å². The maximum absolute atomic E-state index is 11.4. The quantitative estimate of drug-likeness (QED) is 0.586. The highest BCUT2D eigenvalue weighted by atomic mass is 16.3. The Balaban J connectivity index is 2.92. The molecular formula is C9H15BO2. The topological polar surface area (TPSA) is 37.3 Å². The van der Waals surface area contributed by atoms with Crippen LogP contribution in [0.5, 0.6) is 0 Å². The number of aliphatic hydroxyl groups excluding tert-OH is 1. The minimum atomic E-state index is -0.208. The van der Waals surface area contributed by atoms with Crippen LogP contribution in [0.2, 0.25) is 5.31 Å². The van der Waals surface area contributed by atoms with Crippen LogP contribution in [0.25, 0.3) is 0 Å². The fourth-order valence-corrected chi connectivity index (χ4v) is 1.71. The van der Waals surface area contributed by atoms with Gasteiger partial charge >= 0.3 is 0 Å². The monoisotopic (exact) mass is 166 g/mol. The van der Waals surface area contributed by atoms with Gasteiger partial charge < -0.3 is 9.90 Å². The van der Waals surface area contributed by atoms with Crippen LogP contribution in [-0.4, -0.2) is 24.7 Å². The fraction of sp³-hybridized carbons (Fsp3) is 0.667. The molecule has 0 saturated carbocycles. The summed E-state index contributed by atoms with van der Waals surface area (Å²) >= 11 is 0. The minimum Gasteiger partial charge on any atom is -0.397 e. The van der Waals surface area contributed by atoms with Gasteiger partial charge in [0.25, 0.3) is 0 Å². The van der Waals surface area contributed by atoms with Crippen LogP contribution >= 0.6 is 0 Å². The smallest absolute Gasteiger partial charge is 0.220 e. The Labute approximate surface area is 73.9 Å². The molecule has 1 N–H and O–H groups in total. The van der Waals surface area contributed by atoms with Gasteiger partial charge in [0.1, 0.15) is 5.68 Å². The van der Waals surface area contributed by atoms with E-state index in [0.29, 0.717) is 7.28 Å². The lowest BCUT2D eigenvalue weighted by molar-refractivity contribution is -0.109. The molecule has 1 unspecified atom stereocenters. The van der Waals surface area contributed by atoms with Crippen molar-refractivity contribution < 1.29 is 9.90 Å². The van der Waals surface area contributed by atoms with Crippen LogP contribution < -0.4 is 0 Å². The molecule has 1 aliphatic heterocycles. The standard InChI is InChI=1S/C9H15BO2/c1-6-4-9(3,5-11)10-8(12)7(6)2/h10-11H,4-5H2,1-3H3. The Hall–Kier alpha value is -0.565. The second-order valence-corrected chi connectivity index (χ2v) is 4.15. The van der Waals surface area contributed by atoms with E-state index in [1.165, 1.54) is 0 Å². The zero-order chi connectivity index (χ0) is 9.35. The fourth-order valence-electron chi connectivity index (χ4n) is 1.71. The third kappa shape index (κ3) is 1.61. The molecule has 1 rings (SSSR count). The molecule has 0 bridgehead atoms. The molecule has 1 aliphatic rings. The van der Waals surface area contributed by atoms with Gasteiger partial charge in [0.15, 0.2) is 0 Å². The van der Waals surface area contributed by atoms with E-state index in [1.807, 2.05) is 20.8 Å². The second kappa shape index (κ2) is 3.06. The molecule has 0 spiro atoms. The van der Waals surface area contributed by atoms with Crippen molar-refractivity contribution in [2.45, 2.75) is 32.5 Å². The zero-order valence-corrected chi connectivity index (χ0v) is 7.98. The molecule has 1 atom stereocenters. The number of rotatable bonds is 1. The summed E-state index contributed by atoms with van der Waals surface area (Å²) in [5.74, 6) is 0. The molecule has 0 aliphatic carbocycles. The van der Waals surface area contributed by atoms with E-state index in [-0.39, 0.29) is 17.6 Å². The van der Waals surface area contributed by atoms with E-state index in [2.05, 4.69) is 0 Å². The molecule has 0 radical (unpaired) electrons. The van der Waals surface area contributed by atoms with E-state index in [0.717, 1.165) is 17.6 Å². The van der Waals surface area contributed by atoms with Crippen molar-refractivity contribution in [3.05, 3.63) is 11.1 Å². The lowest BCUT2D eigenvalue weighted by Crippen LogP contribution is -2.33. The van der Waals surface area contributed by atoms with Crippen molar-refractivity contribution in [1.82, 2.24) is 0 Å². The maximum atomic E-state index is 11.4. The first-order valence-electron chi connectivity index (χ1n) is 4.29. The van der Waals surface area contributed by atoms with Crippen molar-refractivity contribution in [3.8, 4) is 0 Å². The normalized spacial score (nSPS) is 30.5. The van der Waals surface area contributed by atoms with Crippen LogP contribution in [-0.2, 0) is 4.79 Å². The first-order chi connectivity index (χ1) is 5.48. The Bertz CT molecular complexity index is 245. The van der Waals surface area contributed by atoms with E-state index in [1.54, 1.807) is 0 Å². The molecule has 0 aromatic carbocycles. The van der Waals surface area contributed by atoms with Crippen molar-refractivity contribution in [2.75, 3.05) is 6.61 Å². The van der Waals surface area contributed by atoms with Crippen LogP contribution in [0.15, 0.2) is 11.1 Å². The third-order valence-corrected chi connectivity index (χ3v) is 2.72. The lowest BCUT2D eigenvalue weighted by atomic mass is 9.45. The van der Waals surface area contributed by atoms with Gasteiger partial charge in [0.05, 0.1) is 0 Å². The summed E-state index contributed by atoms with van der Waals surface area (Å²) < 4.78 is 0. The van der Waals surface area contributed by atoms with E-state index in [9.17, 15) is 4.79 Å². The molecule has 12 heavy (non-hydrogen) atoms. The molecule has 1 heterocycles. The second-order valence-electron chi connectivity index (χ2n) is 4.15. The van der Waals surface area contributed by atoms with Gasteiger partial charge in [-0.1, -0.05) is 12.5 Å². The largest absolute Gasteiger partial charge is 0.397 e. The van der Waals surface area contributed by atoms with Crippen LogP contribution in [0.4, 0.5) is 0 Å². The van der Waals surface area contributed by atoms with Crippen LogP contribution in [0, 0.1) is 0 Å². The molecule has 0 amide bonds. The van der Waals surface area contributed by atoms with Crippen LogP contribution in [0.1, 0.15) is 27.2 Å². The average molecular weight is 166 g/mol. The van der Waals surface area contributed by atoms with Gasteiger partial charge in [0, 0.05) is 6.61 Å². The molecule has 3 heteroatoms. The van der Waals surface area contributed by atoms with E-state index >= 15 is 0 Å². The van der Waals surface area contributed by atoms with Gasteiger partial charge in [-0.25, -0.2) is 0 Å². The first kappa shape index (κ1) is 9.52. The molecule has 0 fully saturated rings. The van der Waals surface area contributed by atoms with Crippen LogP contribution in [0.3, 0.4) is 0 Å².